The zero-order chi connectivity index (χ0) is 16.4. The molecule has 0 aromatic heterocycles. The molecular formula is C17H15ClN2O3. The maximum absolute atomic E-state index is 12.1. The Balaban J connectivity index is 1.70. The highest BCUT2D eigenvalue weighted by Gasteiger charge is 2.22. The lowest BCUT2D eigenvalue weighted by atomic mass is 10.1. The number of amides is 2. The van der Waals surface area contributed by atoms with Gasteiger partial charge in [-0.3, -0.25) is 9.59 Å². The van der Waals surface area contributed by atoms with Crippen LogP contribution in [0.25, 0.3) is 0 Å². The highest BCUT2D eigenvalue weighted by atomic mass is 35.5. The number of likely N-dealkylation sites (N-methyl/N-ethyl adjacent to an activating group) is 1. The van der Waals surface area contributed by atoms with Crippen molar-refractivity contribution in [3.8, 4) is 5.75 Å². The van der Waals surface area contributed by atoms with Gasteiger partial charge in [-0.05, 0) is 42.0 Å². The van der Waals surface area contributed by atoms with Gasteiger partial charge >= 0.3 is 0 Å². The molecule has 0 fully saturated rings. The summed E-state index contributed by atoms with van der Waals surface area (Å²) in [7, 11) is 1.71. The molecule has 0 saturated carbocycles. The topological polar surface area (TPSA) is 58.6 Å². The van der Waals surface area contributed by atoms with Crippen LogP contribution >= 0.6 is 11.6 Å². The van der Waals surface area contributed by atoms with E-state index in [4.69, 9.17) is 16.3 Å². The lowest BCUT2D eigenvalue weighted by Gasteiger charge is -2.26. The molecule has 1 aliphatic rings. The van der Waals surface area contributed by atoms with Gasteiger partial charge in [0.25, 0.3) is 11.8 Å². The van der Waals surface area contributed by atoms with Gasteiger partial charge in [0.05, 0.1) is 5.69 Å². The van der Waals surface area contributed by atoms with Crippen LogP contribution in [0, 0.1) is 0 Å². The summed E-state index contributed by atoms with van der Waals surface area (Å²) in [5.41, 5.74) is 2.14. The van der Waals surface area contributed by atoms with Crippen LogP contribution in [0.2, 0.25) is 5.02 Å². The number of nitrogens with one attached hydrogen (secondary N) is 1. The van der Waals surface area contributed by atoms with Gasteiger partial charge in [0, 0.05) is 24.2 Å². The van der Waals surface area contributed by atoms with Crippen LogP contribution in [0.4, 0.5) is 5.69 Å². The average molecular weight is 331 g/mol. The number of rotatable bonds is 3. The Morgan fingerprint density at radius 2 is 2.00 bits per heavy atom. The summed E-state index contributed by atoms with van der Waals surface area (Å²) in [6, 6.07) is 12.2. The quantitative estimate of drug-likeness (QED) is 0.941. The van der Waals surface area contributed by atoms with E-state index < -0.39 is 0 Å². The van der Waals surface area contributed by atoms with Gasteiger partial charge in [0.2, 0.25) is 0 Å². The molecule has 0 radical (unpaired) electrons. The number of halogens is 1. The van der Waals surface area contributed by atoms with E-state index in [1.165, 1.54) is 0 Å². The molecule has 0 spiro atoms. The van der Waals surface area contributed by atoms with Gasteiger partial charge < -0.3 is 15.0 Å². The summed E-state index contributed by atoms with van der Waals surface area (Å²) in [6.45, 7) is 0.410. The van der Waals surface area contributed by atoms with Crippen LogP contribution in [0.15, 0.2) is 42.5 Å². The second-order valence-corrected chi connectivity index (χ2v) is 5.67. The Bertz CT molecular complexity index is 759. The van der Waals surface area contributed by atoms with Gasteiger partial charge in [-0.2, -0.15) is 0 Å². The molecule has 3 rings (SSSR count). The second kappa shape index (κ2) is 6.30. The number of nitrogens with zero attached hydrogens (tertiary/aromatic N) is 1. The maximum atomic E-state index is 12.1. The molecule has 118 valence electrons. The molecule has 2 aromatic rings. The summed E-state index contributed by atoms with van der Waals surface area (Å²) in [6.07, 6.45) is 0. The lowest BCUT2D eigenvalue weighted by Crippen LogP contribution is -2.35. The first kappa shape index (κ1) is 15.4. The number of hydrogen-bond donors (Lipinski definition) is 1. The monoisotopic (exact) mass is 330 g/mol. The largest absolute Gasteiger partial charge is 0.482 e. The van der Waals surface area contributed by atoms with Crippen LogP contribution in [0.1, 0.15) is 15.9 Å². The molecular weight excluding hydrogens is 316 g/mol. The van der Waals surface area contributed by atoms with Crippen LogP contribution in [-0.4, -0.2) is 25.5 Å². The standard InChI is InChI=1S/C17H15ClN2O3/c1-20-14-8-11(2-7-15(14)23-10-16(20)21)9-19-17(22)12-3-5-13(18)6-4-12/h2-8H,9-10H2,1H3,(H,19,22). The van der Waals surface area contributed by atoms with E-state index in [1.54, 1.807) is 36.2 Å². The number of anilines is 1. The number of carbonyl (C=O) groups is 2. The van der Waals surface area contributed by atoms with Crippen molar-refractivity contribution in [2.24, 2.45) is 0 Å². The second-order valence-electron chi connectivity index (χ2n) is 5.23. The molecule has 5 nitrogen and oxygen atoms in total. The Labute approximate surface area is 138 Å². The predicted molar refractivity (Wildman–Crippen MR) is 88.0 cm³/mol. The molecule has 2 amide bonds. The summed E-state index contributed by atoms with van der Waals surface area (Å²) >= 11 is 5.81. The fourth-order valence-electron chi connectivity index (χ4n) is 2.31. The van der Waals surface area contributed by atoms with Crippen LogP contribution in [-0.2, 0) is 11.3 Å². The number of benzene rings is 2. The molecule has 1 N–H and O–H groups in total. The first-order chi connectivity index (χ1) is 11.0. The summed E-state index contributed by atoms with van der Waals surface area (Å²) < 4.78 is 5.38. The summed E-state index contributed by atoms with van der Waals surface area (Å²) in [5.74, 6) is 0.389. The molecule has 0 unspecified atom stereocenters. The van der Waals surface area contributed by atoms with Crippen LogP contribution < -0.4 is 15.0 Å². The van der Waals surface area contributed by atoms with Crippen molar-refractivity contribution < 1.29 is 14.3 Å². The van der Waals surface area contributed by atoms with E-state index in [2.05, 4.69) is 5.32 Å². The average Bonchev–Trinajstić information content (AvgIpc) is 2.57. The van der Waals surface area contributed by atoms with Gasteiger partial charge in [-0.1, -0.05) is 17.7 Å². The minimum absolute atomic E-state index is 0.0517. The SMILES string of the molecule is CN1C(=O)COc2ccc(CNC(=O)c3ccc(Cl)cc3)cc21. The highest BCUT2D eigenvalue weighted by molar-refractivity contribution is 6.30. The van der Waals surface area contributed by atoms with E-state index in [-0.39, 0.29) is 18.4 Å². The first-order valence-electron chi connectivity index (χ1n) is 7.10. The molecule has 0 saturated heterocycles. The van der Waals surface area contributed by atoms with Crippen molar-refractivity contribution in [1.29, 1.82) is 0 Å². The minimum Gasteiger partial charge on any atom is -0.482 e. The van der Waals surface area contributed by atoms with Gasteiger partial charge in [0.15, 0.2) is 6.61 Å². The third-order valence-corrected chi connectivity index (χ3v) is 3.92. The Kier molecular flexibility index (Phi) is 4.21. The molecule has 0 bridgehead atoms. The minimum atomic E-state index is -0.180. The van der Waals surface area contributed by atoms with Gasteiger partial charge in [0.1, 0.15) is 5.75 Å². The van der Waals surface area contributed by atoms with Crippen LogP contribution in [0.5, 0.6) is 5.75 Å². The van der Waals surface area contributed by atoms with Gasteiger partial charge in [-0.25, -0.2) is 0 Å². The van der Waals surface area contributed by atoms with E-state index >= 15 is 0 Å². The number of fused-ring (bicyclic) bond motifs is 1. The third kappa shape index (κ3) is 3.29. The maximum Gasteiger partial charge on any atom is 0.264 e. The van der Waals surface area contributed by atoms with E-state index in [0.29, 0.717) is 28.6 Å². The van der Waals surface area contributed by atoms with Crippen molar-refractivity contribution in [1.82, 2.24) is 5.32 Å². The third-order valence-electron chi connectivity index (χ3n) is 3.67. The number of ether oxygens (including phenoxy) is 1. The van der Waals surface area contributed by atoms with E-state index in [1.807, 2.05) is 18.2 Å². The molecule has 1 heterocycles. The van der Waals surface area contributed by atoms with Crippen molar-refractivity contribution >= 4 is 29.1 Å². The highest BCUT2D eigenvalue weighted by Crippen LogP contribution is 2.31. The Morgan fingerprint density at radius 1 is 1.26 bits per heavy atom. The summed E-state index contributed by atoms with van der Waals surface area (Å²) in [5, 5.41) is 3.43. The number of hydrogen-bond acceptors (Lipinski definition) is 3. The lowest BCUT2D eigenvalue weighted by molar-refractivity contribution is -0.120. The smallest absolute Gasteiger partial charge is 0.264 e. The zero-order valence-corrected chi connectivity index (χ0v) is 13.3. The fourth-order valence-corrected chi connectivity index (χ4v) is 2.44. The Morgan fingerprint density at radius 3 is 2.74 bits per heavy atom. The molecule has 0 aliphatic carbocycles. The molecule has 0 atom stereocenters. The van der Waals surface area contributed by atoms with Crippen molar-refractivity contribution in [2.45, 2.75) is 6.54 Å². The fraction of sp³-hybridized carbons (Fsp3) is 0.176. The van der Waals surface area contributed by atoms with Crippen molar-refractivity contribution in [2.75, 3.05) is 18.6 Å². The zero-order valence-electron chi connectivity index (χ0n) is 12.5. The van der Waals surface area contributed by atoms with Crippen molar-refractivity contribution in [3.05, 3.63) is 58.6 Å². The molecule has 6 heteroatoms. The normalized spacial score (nSPS) is 13.3. The summed E-state index contributed by atoms with van der Waals surface area (Å²) in [4.78, 5) is 25.3. The first-order valence-corrected chi connectivity index (χ1v) is 7.48. The van der Waals surface area contributed by atoms with Gasteiger partial charge in [-0.15, -0.1) is 0 Å². The molecule has 1 aliphatic heterocycles. The predicted octanol–water partition coefficient (Wildman–Crippen LogP) is 2.63. The molecule has 23 heavy (non-hydrogen) atoms. The van der Waals surface area contributed by atoms with Crippen molar-refractivity contribution in [3.63, 3.8) is 0 Å². The van der Waals surface area contributed by atoms with Crippen LogP contribution in [0.3, 0.4) is 0 Å². The van der Waals surface area contributed by atoms with E-state index in [0.717, 1.165) is 5.56 Å². The Hall–Kier alpha value is -2.53. The number of carbonyl (C=O) groups excluding carboxylic acids is 2. The molecule has 2 aromatic carbocycles. The van der Waals surface area contributed by atoms with E-state index in [9.17, 15) is 9.59 Å².